The Bertz CT molecular complexity index is 1030. The van der Waals surface area contributed by atoms with Gasteiger partial charge in [0.05, 0.1) is 22.4 Å². The normalized spacial score (nSPS) is 22.2. The van der Waals surface area contributed by atoms with E-state index in [0.717, 1.165) is 0 Å². The predicted molar refractivity (Wildman–Crippen MR) is 112 cm³/mol. The third-order valence-electron chi connectivity index (χ3n) is 5.26. The first-order valence-corrected chi connectivity index (χ1v) is 10.9. The van der Waals surface area contributed by atoms with Crippen molar-refractivity contribution in [1.29, 1.82) is 5.26 Å². The molecule has 0 atom stereocenters. The van der Waals surface area contributed by atoms with E-state index in [1.54, 1.807) is 48.5 Å². The van der Waals surface area contributed by atoms with Crippen LogP contribution in [0.1, 0.15) is 33.3 Å². The molecule has 1 fully saturated rings. The fourth-order valence-electron chi connectivity index (χ4n) is 4.25. The van der Waals surface area contributed by atoms with Gasteiger partial charge in [0.2, 0.25) is 0 Å². The number of halogens is 1. The van der Waals surface area contributed by atoms with Crippen molar-refractivity contribution in [2.24, 2.45) is 10.8 Å². The van der Waals surface area contributed by atoms with Gasteiger partial charge in [-0.15, -0.1) is 0 Å². The van der Waals surface area contributed by atoms with Crippen molar-refractivity contribution in [3.8, 4) is 11.8 Å². The Balaban J connectivity index is 1.76. The molecule has 0 unspecified atom stereocenters. The lowest BCUT2D eigenvalue weighted by molar-refractivity contribution is -0.223. The van der Waals surface area contributed by atoms with Crippen molar-refractivity contribution < 1.29 is 17.3 Å². The van der Waals surface area contributed by atoms with E-state index in [1.807, 2.05) is 33.8 Å². The van der Waals surface area contributed by atoms with Crippen molar-refractivity contribution in [1.82, 2.24) is 0 Å². The minimum atomic E-state index is -4.01. The third kappa shape index (κ3) is 4.20. The zero-order chi connectivity index (χ0) is 21.4. The van der Waals surface area contributed by atoms with Gasteiger partial charge in [-0.1, -0.05) is 57.5 Å². The van der Waals surface area contributed by atoms with Crippen molar-refractivity contribution in [3.05, 3.63) is 59.1 Å². The van der Waals surface area contributed by atoms with Crippen LogP contribution in [0, 0.1) is 22.2 Å². The van der Waals surface area contributed by atoms with Gasteiger partial charge in [0.1, 0.15) is 17.9 Å². The van der Waals surface area contributed by atoms with Crippen LogP contribution in [0.3, 0.4) is 0 Å². The second-order valence-electron chi connectivity index (χ2n) is 8.29. The van der Waals surface area contributed by atoms with Crippen LogP contribution < -0.4 is 9.46 Å². The first kappa shape index (κ1) is 21.4. The monoisotopic (exact) mass is 434 g/mol. The van der Waals surface area contributed by atoms with Crippen LogP contribution in [0.15, 0.2) is 48.5 Å². The number of hydrogen-bond acceptors (Lipinski definition) is 5. The quantitative estimate of drug-likeness (QED) is 0.707. The molecule has 0 radical (unpaired) electrons. The van der Waals surface area contributed by atoms with E-state index in [2.05, 4.69) is 4.72 Å². The van der Waals surface area contributed by atoms with Gasteiger partial charge < -0.3 is 4.74 Å². The highest BCUT2D eigenvalue weighted by Crippen LogP contribution is 2.57. The van der Waals surface area contributed by atoms with Gasteiger partial charge in [-0.2, -0.15) is 13.7 Å². The summed E-state index contributed by atoms with van der Waals surface area (Å²) in [6.07, 6.45) is -0.925. The van der Waals surface area contributed by atoms with E-state index in [0.29, 0.717) is 22.0 Å². The Hall–Kier alpha value is -2.27. The first-order chi connectivity index (χ1) is 13.5. The molecule has 1 aliphatic rings. The molecule has 0 spiro atoms. The second kappa shape index (κ2) is 7.52. The van der Waals surface area contributed by atoms with Crippen LogP contribution in [0.4, 0.5) is 5.69 Å². The van der Waals surface area contributed by atoms with Crippen molar-refractivity contribution >= 4 is 27.6 Å². The maximum Gasteiger partial charge on any atom is 0.360 e. The Kier molecular flexibility index (Phi) is 5.56. The summed E-state index contributed by atoms with van der Waals surface area (Å²) in [4.78, 5) is 0. The van der Waals surface area contributed by atoms with Gasteiger partial charge in [-0.3, -0.25) is 4.72 Å². The molecule has 0 aliphatic heterocycles. The second-order valence-corrected chi connectivity index (χ2v) is 10.0. The number of hydrogen-bond donors (Lipinski definition) is 1. The van der Waals surface area contributed by atoms with E-state index < -0.39 is 27.2 Å². The van der Waals surface area contributed by atoms with Crippen LogP contribution in [0.2, 0.25) is 5.02 Å². The number of anilines is 1. The molecular formula is C21H23ClN2O4S. The van der Waals surface area contributed by atoms with Crippen molar-refractivity contribution in [2.45, 2.75) is 39.9 Å². The topological polar surface area (TPSA) is 88.4 Å². The molecule has 3 rings (SSSR count). The molecule has 0 amide bonds. The molecule has 2 aromatic rings. The number of nitrogens with zero attached hydrogens (tertiary/aromatic N) is 1. The molecule has 0 bridgehead atoms. The summed E-state index contributed by atoms with van der Waals surface area (Å²) in [5, 5.41) is 9.32. The molecule has 1 saturated carbocycles. The molecule has 8 heteroatoms. The summed E-state index contributed by atoms with van der Waals surface area (Å²) in [6.45, 7) is 7.60. The summed E-state index contributed by atoms with van der Waals surface area (Å²) in [5.41, 5.74) is -0.377. The largest absolute Gasteiger partial charge is 0.489 e. The zero-order valence-corrected chi connectivity index (χ0v) is 18.2. The SMILES string of the molecule is CC1(C)[C@H](Oc2ccc(C#N)c(Cl)c2)C(C)(C)[C@H]1OS(=O)(=O)Nc1ccccc1. The molecule has 154 valence electrons. The smallest absolute Gasteiger partial charge is 0.360 e. The predicted octanol–water partition coefficient (Wildman–Crippen LogP) is 4.77. The molecule has 0 heterocycles. The summed E-state index contributed by atoms with van der Waals surface area (Å²) in [7, 11) is -4.01. The Morgan fingerprint density at radius 1 is 1.03 bits per heavy atom. The molecule has 0 aromatic heterocycles. The van der Waals surface area contributed by atoms with Gasteiger partial charge in [-0.05, 0) is 24.3 Å². The number of rotatable bonds is 6. The van der Waals surface area contributed by atoms with Crippen molar-refractivity contribution in [3.63, 3.8) is 0 Å². The summed E-state index contributed by atoms with van der Waals surface area (Å²) < 4.78 is 39.2. The van der Waals surface area contributed by atoms with Gasteiger partial charge in [0.15, 0.2) is 0 Å². The van der Waals surface area contributed by atoms with Gasteiger partial charge in [0, 0.05) is 16.9 Å². The third-order valence-corrected chi connectivity index (χ3v) is 6.50. The maximum atomic E-state index is 12.5. The number of para-hydroxylation sites is 1. The fraction of sp³-hybridized carbons (Fsp3) is 0.381. The molecule has 2 aromatic carbocycles. The molecule has 29 heavy (non-hydrogen) atoms. The highest BCUT2D eigenvalue weighted by atomic mass is 35.5. The lowest BCUT2D eigenvalue weighted by Crippen LogP contribution is -2.70. The zero-order valence-electron chi connectivity index (χ0n) is 16.6. The number of nitrogens with one attached hydrogen (secondary N) is 1. The Labute approximate surface area is 176 Å². The molecule has 1 aliphatic carbocycles. The minimum Gasteiger partial charge on any atom is -0.489 e. The average molecular weight is 435 g/mol. The van der Waals surface area contributed by atoms with E-state index in [9.17, 15) is 8.42 Å². The van der Waals surface area contributed by atoms with Crippen LogP contribution in [-0.4, -0.2) is 20.6 Å². The van der Waals surface area contributed by atoms with Crippen LogP contribution in [0.5, 0.6) is 5.75 Å². The highest BCUT2D eigenvalue weighted by molar-refractivity contribution is 7.88. The lowest BCUT2D eigenvalue weighted by atomic mass is 9.51. The molecule has 6 nitrogen and oxygen atoms in total. The Morgan fingerprint density at radius 2 is 1.66 bits per heavy atom. The highest BCUT2D eigenvalue weighted by Gasteiger charge is 2.66. The van der Waals surface area contributed by atoms with Gasteiger partial charge in [0.25, 0.3) is 0 Å². The summed E-state index contributed by atoms with van der Waals surface area (Å²) in [6, 6.07) is 15.5. The minimum absolute atomic E-state index is 0.308. The van der Waals surface area contributed by atoms with Crippen LogP contribution in [-0.2, 0) is 14.5 Å². The first-order valence-electron chi connectivity index (χ1n) is 9.10. The lowest BCUT2D eigenvalue weighted by Gasteiger charge is -2.61. The van der Waals surface area contributed by atoms with Gasteiger partial charge >= 0.3 is 10.3 Å². The van der Waals surface area contributed by atoms with Gasteiger partial charge in [-0.25, -0.2) is 4.18 Å². The molecule has 1 N–H and O–H groups in total. The molecular weight excluding hydrogens is 412 g/mol. The number of nitriles is 1. The molecule has 0 saturated heterocycles. The maximum absolute atomic E-state index is 12.5. The van der Waals surface area contributed by atoms with E-state index in [1.165, 1.54) is 0 Å². The number of ether oxygens (including phenoxy) is 1. The average Bonchev–Trinajstić information content (AvgIpc) is 2.64. The summed E-state index contributed by atoms with van der Waals surface area (Å²) >= 11 is 6.09. The number of benzene rings is 2. The van der Waals surface area contributed by atoms with E-state index >= 15 is 0 Å². The van der Waals surface area contributed by atoms with Crippen LogP contribution >= 0.6 is 11.6 Å². The van der Waals surface area contributed by atoms with E-state index in [-0.39, 0.29) is 6.10 Å². The van der Waals surface area contributed by atoms with Crippen molar-refractivity contribution in [2.75, 3.05) is 4.72 Å². The van der Waals surface area contributed by atoms with Crippen LogP contribution in [0.25, 0.3) is 0 Å². The Morgan fingerprint density at radius 3 is 2.21 bits per heavy atom. The standard InChI is InChI=1S/C21H23ClN2O4S/c1-20(2)18(27-16-11-10-14(13-23)17(22)12-16)21(3,4)19(20)28-29(25,26)24-15-8-6-5-7-9-15/h5-12,18-19,24H,1-4H3/t18-,19-. The fourth-order valence-corrected chi connectivity index (χ4v) is 5.68. The summed E-state index contributed by atoms with van der Waals surface area (Å²) in [5.74, 6) is 0.517. The van der Waals surface area contributed by atoms with E-state index in [4.69, 9.17) is 25.8 Å².